The summed E-state index contributed by atoms with van der Waals surface area (Å²) in [6.45, 7) is 0. The second-order valence-electron chi connectivity index (χ2n) is 5.65. The van der Waals surface area contributed by atoms with Gasteiger partial charge in [-0.2, -0.15) is 0 Å². The molecule has 1 aromatic heterocycles. The highest BCUT2D eigenvalue weighted by molar-refractivity contribution is 7.83. The van der Waals surface area contributed by atoms with Crippen molar-refractivity contribution in [3.63, 3.8) is 0 Å². The number of benzene rings is 2. The van der Waals surface area contributed by atoms with Crippen LogP contribution in [0, 0.1) is 0 Å². The molecular weight excluding hydrogens is 322 g/mol. The van der Waals surface area contributed by atoms with Gasteiger partial charge in [0.15, 0.2) is 0 Å². The lowest BCUT2D eigenvalue weighted by Gasteiger charge is -2.11. The zero-order valence-electron chi connectivity index (χ0n) is 13.6. The van der Waals surface area contributed by atoms with Gasteiger partial charge in [-0.3, -0.25) is 4.21 Å². The van der Waals surface area contributed by atoms with Crippen molar-refractivity contribution in [1.29, 1.82) is 0 Å². The standard InChI is InChI=1S/C18H19N3O2S/c1-21-10-9-13-7-8-15(11-17(13)21)19-18(22)20-16-6-4-3-5-14(16)12-24(2)23/h3-11H,12H2,1-2H3,(H2,19,20,22)/t24-/m1/s1. The summed E-state index contributed by atoms with van der Waals surface area (Å²) >= 11 is 0. The van der Waals surface area contributed by atoms with Crippen LogP contribution >= 0.6 is 0 Å². The Kier molecular flexibility index (Phi) is 4.66. The Bertz CT molecular complexity index is 918. The van der Waals surface area contributed by atoms with Gasteiger partial charge in [0.1, 0.15) is 0 Å². The molecule has 1 heterocycles. The van der Waals surface area contributed by atoms with Crippen LogP contribution in [-0.2, 0) is 23.6 Å². The minimum atomic E-state index is -0.968. The first-order valence-corrected chi connectivity index (χ1v) is 9.26. The molecule has 0 aliphatic carbocycles. The van der Waals surface area contributed by atoms with E-state index in [1.165, 1.54) is 0 Å². The number of carbonyl (C=O) groups excluding carboxylic acids is 1. The molecule has 0 aliphatic rings. The highest BCUT2D eigenvalue weighted by atomic mass is 32.2. The van der Waals surface area contributed by atoms with Gasteiger partial charge in [-0.1, -0.05) is 24.3 Å². The summed E-state index contributed by atoms with van der Waals surface area (Å²) in [4.78, 5) is 12.3. The SMILES string of the molecule is Cn1ccc2ccc(NC(=O)Nc3ccccc3C[S@@](C)=O)cc21. The second kappa shape index (κ2) is 6.88. The fraction of sp³-hybridized carbons (Fsp3) is 0.167. The number of hydrogen-bond acceptors (Lipinski definition) is 2. The van der Waals surface area contributed by atoms with Gasteiger partial charge in [-0.25, -0.2) is 4.79 Å². The molecular formula is C18H19N3O2S. The van der Waals surface area contributed by atoms with E-state index in [-0.39, 0.29) is 6.03 Å². The molecule has 0 spiro atoms. The molecule has 3 rings (SSSR count). The van der Waals surface area contributed by atoms with Gasteiger partial charge in [0.2, 0.25) is 0 Å². The number of aromatic nitrogens is 1. The minimum absolute atomic E-state index is 0.321. The first-order chi connectivity index (χ1) is 11.5. The number of nitrogens with zero attached hydrogens (tertiary/aromatic N) is 1. The molecule has 2 N–H and O–H groups in total. The van der Waals surface area contributed by atoms with Crippen LogP contribution in [0.25, 0.3) is 10.9 Å². The van der Waals surface area contributed by atoms with Crippen molar-refractivity contribution < 1.29 is 9.00 Å². The van der Waals surface area contributed by atoms with E-state index in [0.717, 1.165) is 22.2 Å². The van der Waals surface area contributed by atoms with Crippen molar-refractivity contribution in [2.45, 2.75) is 5.75 Å². The Balaban J connectivity index is 1.75. The van der Waals surface area contributed by atoms with Crippen molar-refractivity contribution in [2.24, 2.45) is 7.05 Å². The van der Waals surface area contributed by atoms with Crippen LogP contribution in [0.15, 0.2) is 54.7 Å². The number of anilines is 2. The lowest BCUT2D eigenvalue weighted by molar-refractivity contribution is 0.262. The fourth-order valence-electron chi connectivity index (χ4n) is 2.61. The van der Waals surface area contributed by atoms with Crippen molar-refractivity contribution >= 4 is 39.1 Å². The molecule has 0 radical (unpaired) electrons. The Hall–Kier alpha value is -2.60. The molecule has 2 aromatic carbocycles. The van der Waals surface area contributed by atoms with Crippen LogP contribution in [0.2, 0.25) is 0 Å². The Morgan fingerprint density at radius 2 is 1.92 bits per heavy atom. The van der Waals surface area contributed by atoms with Crippen LogP contribution in [-0.4, -0.2) is 21.1 Å². The number of urea groups is 1. The molecule has 124 valence electrons. The summed E-state index contributed by atoms with van der Waals surface area (Å²) in [6.07, 6.45) is 3.63. The largest absolute Gasteiger partial charge is 0.350 e. The number of fused-ring (bicyclic) bond motifs is 1. The molecule has 3 aromatic rings. The van der Waals surface area contributed by atoms with E-state index in [9.17, 15) is 9.00 Å². The third kappa shape index (κ3) is 3.65. The van der Waals surface area contributed by atoms with Crippen molar-refractivity contribution in [1.82, 2.24) is 4.57 Å². The van der Waals surface area contributed by atoms with Crippen molar-refractivity contribution in [3.8, 4) is 0 Å². The number of amides is 2. The fourth-order valence-corrected chi connectivity index (χ4v) is 3.30. The molecule has 5 nitrogen and oxygen atoms in total. The number of rotatable bonds is 4. The first kappa shape index (κ1) is 16.3. The molecule has 24 heavy (non-hydrogen) atoms. The Morgan fingerprint density at radius 1 is 1.12 bits per heavy atom. The van der Waals surface area contributed by atoms with Gasteiger partial charge < -0.3 is 15.2 Å². The van der Waals surface area contributed by atoms with Gasteiger partial charge in [0, 0.05) is 47.2 Å². The second-order valence-corrected chi connectivity index (χ2v) is 7.09. The summed E-state index contributed by atoms with van der Waals surface area (Å²) in [5.74, 6) is 0.408. The number of carbonyl (C=O) groups is 1. The average molecular weight is 341 g/mol. The maximum atomic E-state index is 12.3. The van der Waals surface area contributed by atoms with Gasteiger partial charge in [0.25, 0.3) is 0 Å². The average Bonchev–Trinajstić information content (AvgIpc) is 2.90. The lowest BCUT2D eigenvalue weighted by Crippen LogP contribution is -2.20. The van der Waals surface area contributed by atoms with Gasteiger partial charge in [-0.15, -0.1) is 0 Å². The molecule has 1 atom stereocenters. The van der Waals surface area contributed by atoms with E-state index >= 15 is 0 Å². The van der Waals surface area contributed by atoms with Crippen LogP contribution in [0.3, 0.4) is 0 Å². The maximum Gasteiger partial charge on any atom is 0.323 e. The van der Waals surface area contributed by atoms with Crippen molar-refractivity contribution in [3.05, 3.63) is 60.3 Å². The molecule has 0 bridgehead atoms. The molecule has 6 heteroatoms. The van der Waals surface area contributed by atoms with E-state index in [4.69, 9.17) is 0 Å². The molecule has 2 amide bonds. The molecule has 0 unspecified atom stereocenters. The smallest absolute Gasteiger partial charge is 0.323 e. The zero-order valence-corrected chi connectivity index (χ0v) is 14.4. The molecule has 0 saturated carbocycles. The lowest BCUT2D eigenvalue weighted by atomic mass is 10.2. The number of aryl methyl sites for hydroxylation is 1. The monoisotopic (exact) mass is 341 g/mol. The number of nitrogens with one attached hydrogen (secondary N) is 2. The van der Waals surface area contributed by atoms with Crippen LogP contribution in [0.1, 0.15) is 5.56 Å². The van der Waals surface area contributed by atoms with E-state index in [1.807, 2.05) is 66.3 Å². The maximum absolute atomic E-state index is 12.3. The molecule has 0 aliphatic heterocycles. The summed E-state index contributed by atoms with van der Waals surface area (Å²) in [5.41, 5.74) is 3.30. The van der Waals surface area contributed by atoms with E-state index in [2.05, 4.69) is 10.6 Å². The third-order valence-corrected chi connectivity index (χ3v) is 4.49. The zero-order chi connectivity index (χ0) is 17.1. The van der Waals surface area contributed by atoms with E-state index in [0.29, 0.717) is 11.4 Å². The predicted octanol–water partition coefficient (Wildman–Crippen LogP) is 3.70. The quantitative estimate of drug-likeness (QED) is 0.760. The topological polar surface area (TPSA) is 63.1 Å². The highest BCUT2D eigenvalue weighted by Gasteiger charge is 2.08. The first-order valence-electron chi connectivity index (χ1n) is 7.54. The normalized spacial score (nSPS) is 12.1. The minimum Gasteiger partial charge on any atom is -0.350 e. The molecule has 0 fully saturated rings. The van der Waals surface area contributed by atoms with Crippen LogP contribution < -0.4 is 10.6 Å². The van der Waals surface area contributed by atoms with Crippen molar-refractivity contribution in [2.75, 3.05) is 16.9 Å². The van der Waals surface area contributed by atoms with E-state index < -0.39 is 10.8 Å². The summed E-state index contributed by atoms with van der Waals surface area (Å²) in [7, 11) is 0.998. The predicted molar refractivity (Wildman–Crippen MR) is 99.8 cm³/mol. The highest BCUT2D eigenvalue weighted by Crippen LogP contribution is 2.21. The van der Waals surface area contributed by atoms with Crippen LogP contribution in [0.5, 0.6) is 0 Å². The number of para-hydroxylation sites is 1. The summed E-state index contributed by atoms with van der Waals surface area (Å²) < 4.78 is 13.5. The van der Waals surface area contributed by atoms with Gasteiger partial charge >= 0.3 is 6.03 Å². The Morgan fingerprint density at radius 3 is 2.71 bits per heavy atom. The summed E-state index contributed by atoms with van der Waals surface area (Å²) in [6, 6.07) is 14.9. The van der Waals surface area contributed by atoms with Gasteiger partial charge in [-0.05, 0) is 35.2 Å². The van der Waals surface area contributed by atoms with E-state index in [1.54, 1.807) is 6.26 Å². The number of hydrogen-bond donors (Lipinski definition) is 2. The third-order valence-electron chi connectivity index (χ3n) is 3.77. The summed E-state index contributed by atoms with van der Waals surface area (Å²) in [5, 5.41) is 6.79. The van der Waals surface area contributed by atoms with Crippen LogP contribution in [0.4, 0.5) is 16.2 Å². The van der Waals surface area contributed by atoms with Gasteiger partial charge in [0.05, 0.1) is 5.75 Å². The molecule has 0 saturated heterocycles. The Labute approximate surface area is 143 Å².